The summed E-state index contributed by atoms with van der Waals surface area (Å²) in [7, 11) is 0. The summed E-state index contributed by atoms with van der Waals surface area (Å²) < 4.78 is 27.2. The van der Waals surface area contributed by atoms with E-state index >= 15 is 0 Å². The molecule has 1 amide bonds. The minimum atomic E-state index is -1.85. The van der Waals surface area contributed by atoms with Crippen LogP contribution in [0.2, 0.25) is 0 Å². The third kappa shape index (κ3) is 6.55. The predicted molar refractivity (Wildman–Crippen MR) is 113 cm³/mol. The minimum absolute atomic E-state index is 0.595. The fourth-order valence-corrected chi connectivity index (χ4v) is 4.36. The van der Waals surface area contributed by atoms with Crippen LogP contribution in [-0.4, -0.2) is 169 Å². The number of carbonyl (C=O) groups is 1. The van der Waals surface area contributed by atoms with E-state index in [1.165, 1.54) is 0 Å². The highest BCUT2D eigenvalue weighted by Gasteiger charge is 2.53. The van der Waals surface area contributed by atoms with E-state index in [1.54, 1.807) is 0 Å². The van der Waals surface area contributed by atoms with Crippen molar-refractivity contribution in [2.75, 3.05) is 19.8 Å². The van der Waals surface area contributed by atoms with Gasteiger partial charge in [-0.05, 0) is 0 Å². The van der Waals surface area contributed by atoms with E-state index < -0.39 is 118 Å². The summed E-state index contributed by atoms with van der Waals surface area (Å²) in [6.07, 6.45) is -22.6. The van der Waals surface area contributed by atoms with E-state index in [0.29, 0.717) is 0 Å². The van der Waals surface area contributed by atoms with Crippen LogP contribution in [0.3, 0.4) is 0 Å². The van der Waals surface area contributed by atoms with Gasteiger partial charge in [-0.3, -0.25) is 4.79 Å². The van der Waals surface area contributed by atoms with Crippen molar-refractivity contribution in [3.05, 3.63) is 0 Å². The molecule has 37 heavy (non-hydrogen) atoms. The topological polar surface area (TPSA) is 278 Å². The highest BCUT2D eigenvalue weighted by atomic mass is 16.8. The lowest BCUT2D eigenvalue weighted by Crippen LogP contribution is -2.65. The first-order valence-corrected chi connectivity index (χ1v) is 11.6. The van der Waals surface area contributed by atoms with Crippen molar-refractivity contribution >= 4 is 5.91 Å². The Kier molecular flexibility index (Phi) is 10.5. The standard InChI is InChI=1S/C20H35NO16/c1-5(24)21-9-12(28)10(26)7(3-23)35-19(9)37-17-15(31)16(6(25)2-22)36-20(17)33-4-8-11(27)13(29)14(30)18(32)34-8/h6-20,22-23,25-32H,2-4H2,1H3,(H,21,24)/t6-,7-,8-,9-,10-,11-,12-,13+,14-,15+,16+,17-,18+,19+,20-/m1/s1. The Morgan fingerprint density at radius 1 is 0.838 bits per heavy atom. The van der Waals surface area contributed by atoms with E-state index in [0.717, 1.165) is 6.92 Å². The monoisotopic (exact) mass is 545 g/mol. The number of hydrogen-bond donors (Lipinski definition) is 11. The molecule has 3 heterocycles. The van der Waals surface area contributed by atoms with Crippen LogP contribution < -0.4 is 5.32 Å². The fourth-order valence-electron chi connectivity index (χ4n) is 4.36. The van der Waals surface area contributed by atoms with E-state index in [9.17, 15) is 55.9 Å². The number of nitrogens with one attached hydrogen (secondary N) is 1. The second-order valence-corrected chi connectivity index (χ2v) is 9.11. The van der Waals surface area contributed by atoms with Gasteiger partial charge in [0.25, 0.3) is 0 Å². The van der Waals surface area contributed by atoms with Gasteiger partial charge < -0.3 is 80.1 Å². The largest absolute Gasteiger partial charge is 0.394 e. The van der Waals surface area contributed by atoms with Gasteiger partial charge in [0.2, 0.25) is 5.91 Å². The van der Waals surface area contributed by atoms with Gasteiger partial charge in [0.05, 0.1) is 19.8 Å². The molecule has 0 radical (unpaired) electrons. The molecular weight excluding hydrogens is 510 g/mol. The molecule has 15 atom stereocenters. The van der Waals surface area contributed by atoms with E-state index in [-0.39, 0.29) is 0 Å². The summed E-state index contributed by atoms with van der Waals surface area (Å²) in [4.78, 5) is 11.7. The maximum Gasteiger partial charge on any atom is 0.217 e. The summed E-state index contributed by atoms with van der Waals surface area (Å²) in [5, 5.41) is 102. The van der Waals surface area contributed by atoms with Crippen molar-refractivity contribution in [3.8, 4) is 0 Å². The quantitative estimate of drug-likeness (QED) is 0.128. The molecular formula is C20H35NO16. The van der Waals surface area contributed by atoms with Crippen LogP contribution in [-0.2, 0) is 28.5 Å². The second kappa shape index (κ2) is 12.8. The average molecular weight is 545 g/mol. The molecule has 3 rings (SSSR count). The second-order valence-electron chi connectivity index (χ2n) is 9.11. The molecule has 0 aromatic heterocycles. The normalized spacial score (nSPS) is 47.5. The maximum atomic E-state index is 11.7. The Labute approximate surface area is 210 Å². The number of rotatable bonds is 9. The lowest BCUT2D eigenvalue weighted by Gasteiger charge is -2.43. The summed E-state index contributed by atoms with van der Waals surface area (Å²) in [5.41, 5.74) is 0. The summed E-state index contributed by atoms with van der Waals surface area (Å²) in [6, 6.07) is -1.39. The van der Waals surface area contributed by atoms with E-state index in [4.69, 9.17) is 23.7 Å². The van der Waals surface area contributed by atoms with Gasteiger partial charge in [-0.2, -0.15) is 0 Å². The smallest absolute Gasteiger partial charge is 0.217 e. The van der Waals surface area contributed by atoms with Crippen molar-refractivity contribution in [2.24, 2.45) is 0 Å². The molecule has 0 bridgehead atoms. The van der Waals surface area contributed by atoms with Gasteiger partial charge in [-0.1, -0.05) is 0 Å². The molecule has 3 saturated heterocycles. The molecule has 11 N–H and O–H groups in total. The number of aliphatic hydroxyl groups excluding tert-OH is 10. The summed E-state index contributed by atoms with van der Waals surface area (Å²) in [6.45, 7) is -1.04. The van der Waals surface area contributed by atoms with Gasteiger partial charge in [0.15, 0.2) is 18.9 Å². The van der Waals surface area contributed by atoms with E-state index in [1.807, 2.05) is 0 Å². The number of amides is 1. The number of carbonyl (C=O) groups excluding carboxylic acids is 1. The first kappa shape index (κ1) is 30.4. The number of aliphatic hydroxyl groups is 10. The number of ether oxygens (including phenoxy) is 5. The van der Waals surface area contributed by atoms with Crippen molar-refractivity contribution in [2.45, 2.75) is 99.0 Å². The van der Waals surface area contributed by atoms with Gasteiger partial charge in [0, 0.05) is 6.92 Å². The fraction of sp³-hybridized carbons (Fsp3) is 0.950. The zero-order valence-electron chi connectivity index (χ0n) is 19.7. The highest BCUT2D eigenvalue weighted by molar-refractivity contribution is 5.73. The molecule has 3 aliphatic heterocycles. The summed E-state index contributed by atoms with van der Waals surface area (Å²) in [5.74, 6) is -0.636. The zero-order chi connectivity index (χ0) is 27.6. The molecule has 0 aromatic carbocycles. The third-order valence-electron chi connectivity index (χ3n) is 6.45. The molecule has 3 aliphatic rings. The van der Waals surface area contributed by atoms with Crippen LogP contribution in [0.15, 0.2) is 0 Å². The van der Waals surface area contributed by atoms with Crippen LogP contribution in [0.25, 0.3) is 0 Å². The Hall–Kier alpha value is -1.13. The Balaban J connectivity index is 1.79. The molecule has 3 fully saturated rings. The Morgan fingerprint density at radius 3 is 2.08 bits per heavy atom. The predicted octanol–water partition coefficient (Wildman–Crippen LogP) is -7.43. The third-order valence-corrected chi connectivity index (χ3v) is 6.45. The molecule has 216 valence electrons. The molecule has 17 heteroatoms. The zero-order valence-corrected chi connectivity index (χ0v) is 19.7. The van der Waals surface area contributed by atoms with Crippen LogP contribution in [0.4, 0.5) is 0 Å². The highest BCUT2D eigenvalue weighted by Crippen LogP contribution is 2.32. The van der Waals surface area contributed by atoms with Gasteiger partial charge >= 0.3 is 0 Å². The molecule has 0 aromatic rings. The number of hydrogen-bond acceptors (Lipinski definition) is 16. The minimum Gasteiger partial charge on any atom is -0.394 e. The first-order chi connectivity index (χ1) is 17.4. The van der Waals surface area contributed by atoms with Gasteiger partial charge in [-0.25, -0.2) is 0 Å². The van der Waals surface area contributed by atoms with Crippen LogP contribution in [0.1, 0.15) is 6.92 Å². The van der Waals surface area contributed by atoms with Gasteiger partial charge in [-0.15, -0.1) is 0 Å². The van der Waals surface area contributed by atoms with Crippen LogP contribution >= 0.6 is 0 Å². The van der Waals surface area contributed by atoms with Crippen molar-refractivity contribution < 1.29 is 79.5 Å². The maximum absolute atomic E-state index is 11.7. The van der Waals surface area contributed by atoms with Crippen LogP contribution in [0.5, 0.6) is 0 Å². The summed E-state index contributed by atoms with van der Waals surface area (Å²) >= 11 is 0. The van der Waals surface area contributed by atoms with Crippen molar-refractivity contribution in [3.63, 3.8) is 0 Å². The molecule has 0 spiro atoms. The average Bonchev–Trinajstić information content (AvgIpc) is 3.17. The lowest BCUT2D eigenvalue weighted by atomic mass is 9.96. The molecule has 17 nitrogen and oxygen atoms in total. The lowest BCUT2D eigenvalue weighted by molar-refractivity contribution is -0.314. The molecule has 0 unspecified atom stereocenters. The SMILES string of the molecule is CC(=O)N[C@H]1[C@H](O[C@H]2[C@H](OC[C@H]3O[C@H](O)[C@H](O)[C@@H](O)[C@@H]3O)O[C@@H]([C@H](O)CO)[C@@H]2O)O[C@H](CO)[C@@H](O)[C@@H]1O. The van der Waals surface area contributed by atoms with Gasteiger partial charge in [0.1, 0.15) is 73.2 Å². The first-order valence-electron chi connectivity index (χ1n) is 11.6. The Morgan fingerprint density at radius 2 is 1.49 bits per heavy atom. The molecule has 0 saturated carbocycles. The Bertz CT molecular complexity index is 747. The van der Waals surface area contributed by atoms with Crippen molar-refractivity contribution in [1.29, 1.82) is 0 Å². The molecule has 0 aliphatic carbocycles. The van der Waals surface area contributed by atoms with Crippen LogP contribution in [0, 0.1) is 0 Å². The van der Waals surface area contributed by atoms with Crippen molar-refractivity contribution in [1.82, 2.24) is 5.32 Å². The van der Waals surface area contributed by atoms with E-state index in [2.05, 4.69) is 5.32 Å².